The summed E-state index contributed by atoms with van der Waals surface area (Å²) >= 11 is 1.67. The normalized spacial score (nSPS) is 17.7. The van der Waals surface area contributed by atoms with Crippen LogP contribution < -0.4 is 5.32 Å². The minimum atomic E-state index is 0.00793. The summed E-state index contributed by atoms with van der Waals surface area (Å²) in [6, 6.07) is 10.2. The Morgan fingerprint density at radius 3 is 2.74 bits per heavy atom. The molecule has 0 fully saturated rings. The van der Waals surface area contributed by atoms with E-state index in [1.165, 1.54) is 22.4 Å². The van der Waals surface area contributed by atoms with Gasteiger partial charge in [0, 0.05) is 10.6 Å². The van der Waals surface area contributed by atoms with Gasteiger partial charge in [-0.05, 0) is 53.9 Å². The number of aryl methyl sites for hydroxylation is 1. The number of para-hydroxylation sites is 1. The van der Waals surface area contributed by atoms with E-state index in [1.807, 2.05) is 18.2 Å². The Morgan fingerprint density at radius 2 is 2.00 bits per heavy atom. The van der Waals surface area contributed by atoms with Crippen molar-refractivity contribution in [2.75, 3.05) is 5.32 Å². The molecule has 122 valence electrons. The monoisotopic (exact) mass is 327 g/mol. The van der Waals surface area contributed by atoms with Crippen molar-refractivity contribution >= 4 is 22.9 Å². The molecular weight excluding hydrogens is 302 g/mol. The number of rotatable bonds is 2. The molecule has 3 rings (SSSR count). The Balaban J connectivity index is 1.83. The molecule has 1 amide bonds. The second kappa shape index (κ2) is 6.12. The molecule has 1 aromatic heterocycles. The van der Waals surface area contributed by atoms with Gasteiger partial charge in [-0.2, -0.15) is 0 Å². The maximum absolute atomic E-state index is 12.7. The minimum Gasteiger partial charge on any atom is -0.321 e. The number of carbonyl (C=O) groups is 1. The fourth-order valence-electron chi connectivity index (χ4n) is 3.25. The van der Waals surface area contributed by atoms with E-state index in [4.69, 9.17) is 0 Å². The number of anilines is 1. The molecule has 1 aliphatic carbocycles. The predicted octanol–water partition coefficient (Wildman–Crippen LogP) is 5.42. The van der Waals surface area contributed by atoms with E-state index in [0.717, 1.165) is 29.3 Å². The second-order valence-corrected chi connectivity index (χ2v) is 8.79. The highest BCUT2D eigenvalue weighted by atomic mass is 32.1. The van der Waals surface area contributed by atoms with Gasteiger partial charge in [-0.25, -0.2) is 0 Å². The smallest absolute Gasteiger partial charge is 0.265 e. The van der Waals surface area contributed by atoms with E-state index < -0.39 is 0 Å². The largest absolute Gasteiger partial charge is 0.321 e. The predicted molar refractivity (Wildman–Crippen MR) is 98.6 cm³/mol. The van der Waals surface area contributed by atoms with Crippen LogP contribution in [-0.4, -0.2) is 5.91 Å². The van der Waals surface area contributed by atoms with Crippen LogP contribution >= 0.6 is 11.3 Å². The van der Waals surface area contributed by atoms with Gasteiger partial charge >= 0.3 is 0 Å². The number of thiophene rings is 1. The standard InChI is InChI=1S/C20H25NOS/c1-13-9-10-17-14(11-13)12-18(23-17)19(22)21-16-8-6-5-7-15(16)20(2,3)4/h5-8,12-13H,9-11H2,1-4H3,(H,21,22)/t13-/m1/s1. The number of hydrogen-bond donors (Lipinski definition) is 1. The average molecular weight is 327 g/mol. The molecule has 1 heterocycles. The molecule has 0 bridgehead atoms. The first-order valence-electron chi connectivity index (χ1n) is 8.37. The van der Waals surface area contributed by atoms with E-state index >= 15 is 0 Å². The van der Waals surface area contributed by atoms with E-state index in [1.54, 1.807) is 11.3 Å². The Kier molecular flexibility index (Phi) is 4.33. The lowest BCUT2D eigenvalue weighted by molar-refractivity contribution is 0.103. The Hall–Kier alpha value is -1.61. The first-order valence-corrected chi connectivity index (χ1v) is 9.18. The highest BCUT2D eigenvalue weighted by molar-refractivity contribution is 7.14. The summed E-state index contributed by atoms with van der Waals surface area (Å²) < 4.78 is 0. The van der Waals surface area contributed by atoms with Gasteiger partial charge in [0.05, 0.1) is 4.88 Å². The van der Waals surface area contributed by atoms with Crippen molar-refractivity contribution in [2.24, 2.45) is 5.92 Å². The lowest BCUT2D eigenvalue weighted by Crippen LogP contribution is -2.18. The van der Waals surface area contributed by atoms with Crippen molar-refractivity contribution in [2.45, 2.75) is 52.4 Å². The summed E-state index contributed by atoms with van der Waals surface area (Å²) in [6.45, 7) is 8.80. The number of carbonyl (C=O) groups excluding carboxylic acids is 1. The van der Waals surface area contributed by atoms with Gasteiger partial charge in [0.2, 0.25) is 0 Å². The maximum atomic E-state index is 12.7. The van der Waals surface area contributed by atoms with Gasteiger partial charge < -0.3 is 5.32 Å². The fourth-order valence-corrected chi connectivity index (χ4v) is 4.35. The third-order valence-electron chi connectivity index (χ3n) is 4.54. The topological polar surface area (TPSA) is 29.1 Å². The number of fused-ring (bicyclic) bond motifs is 1. The summed E-state index contributed by atoms with van der Waals surface area (Å²) in [7, 11) is 0. The summed E-state index contributed by atoms with van der Waals surface area (Å²) in [5.74, 6) is 0.753. The van der Waals surface area contributed by atoms with Gasteiger partial charge in [0.15, 0.2) is 0 Å². The van der Waals surface area contributed by atoms with Crippen LogP contribution in [-0.2, 0) is 18.3 Å². The van der Waals surface area contributed by atoms with Crippen molar-refractivity contribution in [3.05, 3.63) is 51.2 Å². The van der Waals surface area contributed by atoms with Crippen LogP contribution in [0.15, 0.2) is 30.3 Å². The molecule has 2 aromatic rings. The van der Waals surface area contributed by atoms with Crippen LogP contribution in [0.4, 0.5) is 5.69 Å². The van der Waals surface area contributed by atoms with E-state index in [9.17, 15) is 4.79 Å². The quantitative estimate of drug-likeness (QED) is 0.783. The van der Waals surface area contributed by atoms with Crippen molar-refractivity contribution < 1.29 is 4.79 Å². The minimum absolute atomic E-state index is 0.00793. The summed E-state index contributed by atoms with van der Waals surface area (Å²) in [4.78, 5) is 14.9. The Labute approximate surface area is 142 Å². The second-order valence-electron chi connectivity index (χ2n) is 7.66. The number of nitrogens with one attached hydrogen (secondary N) is 1. The van der Waals surface area contributed by atoms with Crippen molar-refractivity contribution in [3.8, 4) is 0 Å². The van der Waals surface area contributed by atoms with Crippen LogP contribution in [0.2, 0.25) is 0 Å². The van der Waals surface area contributed by atoms with Crippen LogP contribution in [0.3, 0.4) is 0 Å². The molecule has 0 radical (unpaired) electrons. The highest BCUT2D eigenvalue weighted by Gasteiger charge is 2.22. The molecule has 0 unspecified atom stereocenters. The zero-order valence-electron chi connectivity index (χ0n) is 14.4. The Bertz CT molecular complexity index is 723. The summed E-state index contributed by atoms with van der Waals surface area (Å²) in [5.41, 5.74) is 3.48. The highest BCUT2D eigenvalue weighted by Crippen LogP contribution is 2.33. The van der Waals surface area contributed by atoms with Gasteiger partial charge in [-0.15, -0.1) is 11.3 Å². The maximum Gasteiger partial charge on any atom is 0.265 e. The number of benzene rings is 1. The van der Waals surface area contributed by atoms with Gasteiger partial charge in [-0.1, -0.05) is 45.9 Å². The van der Waals surface area contributed by atoms with Crippen LogP contribution in [0.1, 0.15) is 59.8 Å². The molecule has 1 atom stereocenters. The average Bonchev–Trinajstić information content (AvgIpc) is 2.89. The molecule has 23 heavy (non-hydrogen) atoms. The molecule has 1 aliphatic rings. The molecule has 3 heteroatoms. The first-order chi connectivity index (χ1) is 10.8. The SMILES string of the molecule is C[C@@H]1CCc2sc(C(=O)Nc3ccccc3C(C)(C)C)cc2C1. The van der Waals surface area contributed by atoms with E-state index in [2.05, 4.69) is 45.1 Å². The summed E-state index contributed by atoms with van der Waals surface area (Å²) in [5, 5.41) is 3.13. The van der Waals surface area contributed by atoms with Gasteiger partial charge in [0.1, 0.15) is 0 Å². The molecule has 0 saturated carbocycles. The van der Waals surface area contributed by atoms with Crippen molar-refractivity contribution in [1.82, 2.24) is 0 Å². The van der Waals surface area contributed by atoms with E-state index in [0.29, 0.717) is 0 Å². The molecule has 0 saturated heterocycles. The Morgan fingerprint density at radius 1 is 1.26 bits per heavy atom. The molecular formula is C20H25NOS. The molecule has 1 N–H and O–H groups in total. The lowest BCUT2D eigenvalue weighted by Gasteiger charge is -2.22. The van der Waals surface area contributed by atoms with Gasteiger partial charge in [-0.3, -0.25) is 4.79 Å². The lowest BCUT2D eigenvalue weighted by atomic mass is 9.86. The molecule has 2 nitrogen and oxygen atoms in total. The van der Waals surface area contributed by atoms with Crippen molar-refractivity contribution in [1.29, 1.82) is 0 Å². The first kappa shape index (κ1) is 16.3. The van der Waals surface area contributed by atoms with Crippen molar-refractivity contribution in [3.63, 3.8) is 0 Å². The summed E-state index contributed by atoms with van der Waals surface area (Å²) in [6.07, 6.45) is 3.46. The zero-order valence-corrected chi connectivity index (χ0v) is 15.2. The third kappa shape index (κ3) is 3.50. The molecule has 0 aliphatic heterocycles. The molecule has 1 aromatic carbocycles. The van der Waals surface area contributed by atoms with Crippen LogP contribution in [0.5, 0.6) is 0 Å². The zero-order chi connectivity index (χ0) is 16.6. The molecule has 0 spiro atoms. The van der Waals surface area contributed by atoms with E-state index in [-0.39, 0.29) is 11.3 Å². The van der Waals surface area contributed by atoms with Crippen LogP contribution in [0.25, 0.3) is 0 Å². The number of amides is 1. The number of hydrogen-bond acceptors (Lipinski definition) is 2. The van der Waals surface area contributed by atoms with Crippen LogP contribution in [0, 0.1) is 5.92 Å². The van der Waals surface area contributed by atoms with Gasteiger partial charge in [0.25, 0.3) is 5.91 Å². The third-order valence-corrected chi connectivity index (χ3v) is 5.77. The fraction of sp³-hybridized carbons (Fsp3) is 0.450.